The van der Waals surface area contributed by atoms with Crippen molar-refractivity contribution in [3.8, 4) is 0 Å². The quantitative estimate of drug-likeness (QED) is 0.689. The van der Waals surface area contributed by atoms with E-state index in [1.807, 2.05) is 17.5 Å². The fourth-order valence-corrected chi connectivity index (χ4v) is 3.27. The summed E-state index contributed by atoms with van der Waals surface area (Å²) < 4.78 is 0. The van der Waals surface area contributed by atoms with Crippen molar-refractivity contribution < 1.29 is 4.79 Å². The van der Waals surface area contributed by atoms with Gasteiger partial charge in [-0.05, 0) is 55.3 Å². The first-order chi connectivity index (χ1) is 10.2. The Hall–Kier alpha value is -1.93. The number of Topliss-reactive ketones (excluding diaryl/α,β-unsaturated/α-hetero) is 1. The summed E-state index contributed by atoms with van der Waals surface area (Å²) in [6.07, 6.45) is 6.93. The zero-order valence-electron chi connectivity index (χ0n) is 12.1. The van der Waals surface area contributed by atoms with Crippen LogP contribution in [-0.4, -0.2) is 5.78 Å². The molecular weight excluding hydrogens is 276 g/mol. The largest absolute Gasteiger partial charge is 0.289 e. The monoisotopic (exact) mass is 294 g/mol. The van der Waals surface area contributed by atoms with Gasteiger partial charge >= 0.3 is 0 Å². The highest BCUT2D eigenvalue weighted by atomic mass is 32.1. The molecule has 0 radical (unpaired) electrons. The minimum Gasteiger partial charge on any atom is -0.289 e. The maximum absolute atomic E-state index is 12.6. The van der Waals surface area contributed by atoms with Gasteiger partial charge in [0.1, 0.15) is 0 Å². The fraction of sp³-hybridized carbons (Fsp3) is 0.211. The lowest BCUT2D eigenvalue weighted by molar-refractivity contribution is -0.112. The van der Waals surface area contributed by atoms with Gasteiger partial charge in [-0.3, -0.25) is 4.79 Å². The van der Waals surface area contributed by atoms with Gasteiger partial charge in [-0.15, -0.1) is 11.3 Å². The van der Waals surface area contributed by atoms with Crippen molar-refractivity contribution >= 4 is 29.3 Å². The lowest BCUT2D eigenvalue weighted by Gasteiger charge is -2.16. The van der Waals surface area contributed by atoms with Crippen LogP contribution in [0.2, 0.25) is 0 Å². The van der Waals surface area contributed by atoms with E-state index in [4.69, 9.17) is 0 Å². The van der Waals surface area contributed by atoms with Gasteiger partial charge in [0.2, 0.25) is 0 Å². The molecule has 3 rings (SSSR count). The third kappa shape index (κ3) is 3.40. The molecule has 1 heterocycles. The van der Waals surface area contributed by atoms with E-state index >= 15 is 0 Å². The van der Waals surface area contributed by atoms with Crippen LogP contribution in [0, 0.1) is 6.92 Å². The van der Waals surface area contributed by atoms with Crippen molar-refractivity contribution in [3.05, 3.63) is 68.9 Å². The Balaban J connectivity index is 1.86. The highest BCUT2D eigenvalue weighted by Crippen LogP contribution is 2.28. The molecule has 1 aliphatic rings. The molecule has 1 aromatic heterocycles. The van der Waals surface area contributed by atoms with Crippen LogP contribution in [-0.2, 0) is 4.79 Å². The van der Waals surface area contributed by atoms with Crippen LogP contribution >= 0.6 is 11.3 Å². The molecule has 0 unspecified atom stereocenters. The summed E-state index contributed by atoms with van der Waals surface area (Å²) in [5, 5.41) is 2.04. The van der Waals surface area contributed by atoms with E-state index in [9.17, 15) is 4.79 Å². The number of ketones is 1. The second kappa shape index (κ2) is 6.23. The summed E-state index contributed by atoms with van der Waals surface area (Å²) in [7, 11) is 0. The first kappa shape index (κ1) is 14.0. The lowest BCUT2D eigenvalue weighted by atomic mass is 9.87. The van der Waals surface area contributed by atoms with Gasteiger partial charge in [0.25, 0.3) is 0 Å². The molecule has 1 fully saturated rings. The van der Waals surface area contributed by atoms with E-state index in [-0.39, 0.29) is 5.78 Å². The van der Waals surface area contributed by atoms with Crippen molar-refractivity contribution in [2.45, 2.75) is 26.2 Å². The number of benzene rings is 1. The van der Waals surface area contributed by atoms with Crippen LogP contribution in [0.25, 0.3) is 12.2 Å². The van der Waals surface area contributed by atoms with E-state index in [1.54, 1.807) is 11.3 Å². The summed E-state index contributed by atoms with van der Waals surface area (Å²) in [5.74, 6) is 0.218. The molecule has 0 atom stereocenters. The van der Waals surface area contributed by atoms with Crippen molar-refractivity contribution in [2.24, 2.45) is 0 Å². The highest BCUT2D eigenvalue weighted by molar-refractivity contribution is 7.10. The number of aryl methyl sites for hydroxylation is 1. The third-order valence-electron chi connectivity index (χ3n) is 3.75. The van der Waals surface area contributed by atoms with Gasteiger partial charge < -0.3 is 0 Å². The number of allylic oxidation sites excluding steroid dienone is 2. The summed E-state index contributed by atoms with van der Waals surface area (Å²) in [6, 6.07) is 12.4. The summed E-state index contributed by atoms with van der Waals surface area (Å²) >= 11 is 1.68. The highest BCUT2D eigenvalue weighted by Gasteiger charge is 2.20. The molecule has 2 heteroatoms. The molecule has 0 amide bonds. The minimum absolute atomic E-state index is 0.218. The Bertz CT molecular complexity index is 688. The molecule has 21 heavy (non-hydrogen) atoms. The molecule has 0 spiro atoms. The van der Waals surface area contributed by atoms with Gasteiger partial charge in [0, 0.05) is 16.0 Å². The van der Waals surface area contributed by atoms with Crippen molar-refractivity contribution in [2.75, 3.05) is 0 Å². The van der Waals surface area contributed by atoms with Gasteiger partial charge in [-0.2, -0.15) is 0 Å². The molecule has 1 aliphatic carbocycles. The Labute approximate surface area is 129 Å². The molecule has 0 saturated heterocycles. The maximum atomic E-state index is 12.6. The SMILES string of the molecule is Cc1ccc(C=C2CCCC(=Cc3cccs3)C2=O)cc1. The van der Waals surface area contributed by atoms with Gasteiger partial charge in [-0.25, -0.2) is 0 Å². The zero-order valence-corrected chi connectivity index (χ0v) is 13.0. The van der Waals surface area contributed by atoms with Gasteiger partial charge in [0.15, 0.2) is 5.78 Å². The topological polar surface area (TPSA) is 17.1 Å². The summed E-state index contributed by atoms with van der Waals surface area (Å²) in [6.45, 7) is 2.07. The van der Waals surface area contributed by atoms with Crippen LogP contribution in [0.1, 0.15) is 35.3 Å². The number of thiophene rings is 1. The normalized spacial score (nSPS) is 19.4. The fourth-order valence-electron chi connectivity index (χ4n) is 2.59. The number of carbonyl (C=O) groups excluding carboxylic acids is 1. The molecule has 0 bridgehead atoms. The Kier molecular flexibility index (Phi) is 4.16. The molecule has 2 aromatic rings. The second-order valence-electron chi connectivity index (χ2n) is 5.45. The predicted octanol–water partition coefficient (Wildman–Crippen LogP) is 5.28. The van der Waals surface area contributed by atoms with Crippen molar-refractivity contribution in [1.29, 1.82) is 0 Å². The molecule has 1 saturated carbocycles. The standard InChI is InChI=1S/C19H18OS/c1-14-7-9-15(10-8-14)12-16-4-2-5-17(19(16)20)13-18-6-3-11-21-18/h3,6-13H,2,4-5H2,1H3. The van der Waals surface area contributed by atoms with Crippen LogP contribution in [0.3, 0.4) is 0 Å². The average molecular weight is 294 g/mol. The van der Waals surface area contributed by atoms with Gasteiger partial charge in [0.05, 0.1) is 0 Å². The Morgan fingerprint density at radius 3 is 2.38 bits per heavy atom. The Morgan fingerprint density at radius 1 is 1.00 bits per heavy atom. The molecule has 1 nitrogen and oxygen atoms in total. The molecular formula is C19H18OS. The van der Waals surface area contributed by atoms with E-state index in [0.29, 0.717) is 0 Å². The zero-order chi connectivity index (χ0) is 14.7. The summed E-state index contributed by atoms with van der Waals surface area (Å²) in [5.41, 5.74) is 4.24. The van der Waals surface area contributed by atoms with Crippen LogP contribution in [0.15, 0.2) is 52.9 Å². The van der Waals surface area contributed by atoms with E-state index in [0.717, 1.165) is 40.8 Å². The average Bonchev–Trinajstić information content (AvgIpc) is 2.99. The molecule has 106 valence electrons. The van der Waals surface area contributed by atoms with Crippen LogP contribution < -0.4 is 0 Å². The number of rotatable bonds is 2. The minimum atomic E-state index is 0.218. The number of hydrogen-bond donors (Lipinski definition) is 0. The predicted molar refractivity (Wildman–Crippen MR) is 90.3 cm³/mol. The van der Waals surface area contributed by atoms with E-state index < -0.39 is 0 Å². The van der Waals surface area contributed by atoms with E-state index in [2.05, 4.69) is 43.3 Å². The van der Waals surface area contributed by atoms with Gasteiger partial charge in [-0.1, -0.05) is 35.9 Å². The van der Waals surface area contributed by atoms with Crippen LogP contribution in [0.4, 0.5) is 0 Å². The molecule has 0 N–H and O–H groups in total. The summed E-state index contributed by atoms with van der Waals surface area (Å²) in [4.78, 5) is 13.8. The third-order valence-corrected chi connectivity index (χ3v) is 4.57. The van der Waals surface area contributed by atoms with Crippen LogP contribution in [0.5, 0.6) is 0 Å². The number of carbonyl (C=O) groups is 1. The van der Waals surface area contributed by atoms with Crippen molar-refractivity contribution in [3.63, 3.8) is 0 Å². The maximum Gasteiger partial charge on any atom is 0.185 e. The van der Waals surface area contributed by atoms with E-state index in [1.165, 1.54) is 5.56 Å². The van der Waals surface area contributed by atoms with Crippen molar-refractivity contribution in [1.82, 2.24) is 0 Å². The second-order valence-corrected chi connectivity index (χ2v) is 6.43. The molecule has 1 aromatic carbocycles. The first-order valence-corrected chi connectivity index (χ1v) is 8.16. The smallest absolute Gasteiger partial charge is 0.185 e. The first-order valence-electron chi connectivity index (χ1n) is 7.28. The Morgan fingerprint density at radius 2 is 1.71 bits per heavy atom. The lowest BCUT2D eigenvalue weighted by Crippen LogP contribution is -2.12. The molecule has 0 aliphatic heterocycles. The number of hydrogen-bond acceptors (Lipinski definition) is 2.